The number of carbonyl (C=O) groups excluding carboxylic acids is 2. The van der Waals surface area contributed by atoms with Gasteiger partial charge in [0.25, 0.3) is 0 Å². The van der Waals surface area contributed by atoms with Gasteiger partial charge in [0.2, 0.25) is 0 Å². The average molecular weight is 469 g/mol. The second-order valence-electron chi connectivity index (χ2n) is 6.42. The third-order valence-corrected chi connectivity index (χ3v) is 5.12. The lowest BCUT2D eigenvalue weighted by Crippen LogP contribution is -2.14. The molecule has 0 bridgehead atoms. The summed E-state index contributed by atoms with van der Waals surface area (Å²) in [7, 11) is 2.75. The van der Waals surface area contributed by atoms with Crippen molar-refractivity contribution < 1.29 is 19.1 Å². The predicted octanol–water partition coefficient (Wildman–Crippen LogP) is 4.80. The maximum atomic E-state index is 11.4. The normalized spacial score (nSPS) is 11.8. The van der Waals surface area contributed by atoms with Gasteiger partial charge in [-0.25, -0.2) is 14.6 Å². The largest absolute Gasteiger partial charge is 0.465 e. The van der Waals surface area contributed by atoms with Gasteiger partial charge in [-0.15, -0.1) is 0 Å². The Hall–Kier alpha value is -3.19. The molecule has 0 atom stereocenters. The highest BCUT2D eigenvalue weighted by Gasteiger charge is 2.21. The second kappa shape index (κ2) is 10.0. The molecule has 1 aromatic heterocycles. The standard InChI is InChI=1S/C15H14N2O2.C8H7BrO2/c1-19-15(18)12-4-6-13(7-5-12)17-10-8-11-3-2-9-16-14(11)17;1-11-8(10)6-2-4-7(9)5-3-6/h2-7,9H,8,10H2,1H3;2-5H,1H3. The lowest BCUT2D eigenvalue weighted by Gasteiger charge is -2.18. The Bertz CT molecular complexity index is 1020. The summed E-state index contributed by atoms with van der Waals surface area (Å²) >= 11 is 3.26. The van der Waals surface area contributed by atoms with Crippen LogP contribution in [0.5, 0.6) is 0 Å². The van der Waals surface area contributed by atoms with Crippen molar-refractivity contribution in [2.45, 2.75) is 6.42 Å². The topological polar surface area (TPSA) is 68.7 Å². The van der Waals surface area contributed by atoms with Gasteiger partial charge < -0.3 is 14.4 Å². The number of anilines is 2. The van der Waals surface area contributed by atoms with Gasteiger partial charge in [-0.2, -0.15) is 0 Å². The number of nitrogens with zero attached hydrogens (tertiary/aromatic N) is 2. The number of rotatable bonds is 3. The smallest absolute Gasteiger partial charge is 0.337 e. The van der Waals surface area contributed by atoms with Crippen molar-refractivity contribution in [3.63, 3.8) is 0 Å². The molecule has 2 aromatic carbocycles. The maximum absolute atomic E-state index is 11.4. The highest BCUT2D eigenvalue weighted by Crippen LogP contribution is 2.32. The van der Waals surface area contributed by atoms with Crippen LogP contribution in [0.3, 0.4) is 0 Å². The number of carbonyl (C=O) groups is 2. The lowest BCUT2D eigenvalue weighted by atomic mass is 10.2. The zero-order valence-electron chi connectivity index (χ0n) is 16.7. The van der Waals surface area contributed by atoms with Gasteiger partial charge in [-0.05, 0) is 66.6 Å². The van der Waals surface area contributed by atoms with E-state index in [1.165, 1.54) is 19.8 Å². The molecule has 7 heteroatoms. The van der Waals surface area contributed by atoms with Gasteiger partial charge in [0.1, 0.15) is 5.82 Å². The van der Waals surface area contributed by atoms with Crippen molar-refractivity contribution in [1.29, 1.82) is 0 Å². The van der Waals surface area contributed by atoms with Crippen molar-refractivity contribution >= 4 is 39.4 Å². The molecule has 0 unspecified atom stereocenters. The summed E-state index contributed by atoms with van der Waals surface area (Å²) in [5, 5.41) is 0. The molecule has 1 aliphatic heterocycles. The molecule has 0 saturated heterocycles. The highest BCUT2D eigenvalue weighted by molar-refractivity contribution is 9.10. The van der Waals surface area contributed by atoms with Crippen LogP contribution in [0.15, 0.2) is 71.3 Å². The van der Waals surface area contributed by atoms with E-state index in [-0.39, 0.29) is 11.9 Å². The van der Waals surface area contributed by atoms with Gasteiger partial charge >= 0.3 is 11.9 Å². The fourth-order valence-corrected chi connectivity index (χ4v) is 3.32. The summed E-state index contributed by atoms with van der Waals surface area (Å²) in [6.07, 6.45) is 2.81. The van der Waals surface area contributed by atoms with Gasteiger partial charge in [0.15, 0.2) is 0 Å². The lowest BCUT2D eigenvalue weighted by molar-refractivity contribution is 0.0592. The Morgan fingerprint density at radius 2 is 1.47 bits per heavy atom. The van der Waals surface area contributed by atoms with E-state index in [4.69, 9.17) is 4.74 Å². The highest BCUT2D eigenvalue weighted by atomic mass is 79.9. The molecule has 3 aromatic rings. The zero-order valence-corrected chi connectivity index (χ0v) is 18.3. The van der Waals surface area contributed by atoms with Crippen LogP contribution in [0, 0.1) is 0 Å². The maximum Gasteiger partial charge on any atom is 0.337 e. The van der Waals surface area contributed by atoms with Crippen LogP contribution in [0.1, 0.15) is 26.3 Å². The van der Waals surface area contributed by atoms with Crippen LogP contribution in [0.4, 0.5) is 11.5 Å². The fourth-order valence-electron chi connectivity index (χ4n) is 3.06. The van der Waals surface area contributed by atoms with Crippen LogP contribution < -0.4 is 4.90 Å². The van der Waals surface area contributed by atoms with E-state index in [1.54, 1.807) is 42.6 Å². The minimum absolute atomic E-state index is 0.308. The van der Waals surface area contributed by atoms with E-state index >= 15 is 0 Å². The fraction of sp³-hybridized carbons (Fsp3) is 0.174. The van der Waals surface area contributed by atoms with Gasteiger partial charge in [0, 0.05) is 22.9 Å². The molecular formula is C23H21BrN2O4. The van der Waals surface area contributed by atoms with Gasteiger partial charge in [0.05, 0.1) is 25.3 Å². The van der Waals surface area contributed by atoms with Gasteiger partial charge in [-0.1, -0.05) is 22.0 Å². The molecular weight excluding hydrogens is 448 g/mol. The molecule has 4 rings (SSSR count). The molecule has 0 spiro atoms. The Morgan fingerprint density at radius 3 is 2.03 bits per heavy atom. The summed E-state index contributed by atoms with van der Waals surface area (Å²) in [6.45, 7) is 0.921. The van der Waals surface area contributed by atoms with E-state index < -0.39 is 0 Å². The van der Waals surface area contributed by atoms with Crippen molar-refractivity contribution in [3.8, 4) is 0 Å². The predicted molar refractivity (Wildman–Crippen MR) is 118 cm³/mol. The SMILES string of the molecule is COC(=O)c1ccc(Br)cc1.COC(=O)c1ccc(N2CCc3cccnc32)cc1. The number of halogens is 1. The van der Waals surface area contributed by atoms with Crippen molar-refractivity contribution in [2.75, 3.05) is 25.7 Å². The number of esters is 2. The Labute approximate surface area is 183 Å². The quantitative estimate of drug-likeness (QED) is 0.514. The summed E-state index contributed by atoms with van der Waals surface area (Å²) in [4.78, 5) is 28.9. The average Bonchev–Trinajstić information content (AvgIpc) is 3.23. The molecule has 0 N–H and O–H groups in total. The minimum Gasteiger partial charge on any atom is -0.465 e. The number of benzene rings is 2. The summed E-state index contributed by atoms with van der Waals surface area (Å²) in [5.41, 5.74) is 3.44. The van der Waals surface area contributed by atoms with E-state index in [9.17, 15) is 9.59 Å². The number of hydrogen-bond acceptors (Lipinski definition) is 6. The Morgan fingerprint density at radius 1 is 0.900 bits per heavy atom. The number of methoxy groups -OCH3 is 2. The summed E-state index contributed by atoms with van der Waals surface area (Å²) in [6, 6.07) is 18.5. The number of fused-ring (bicyclic) bond motifs is 1. The van der Waals surface area contributed by atoms with Crippen LogP contribution >= 0.6 is 15.9 Å². The minimum atomic E-state index is -0.313. The first-order valence-electron chi connectivity index (χ1n) is 9.27. The third kappa shape index (κ3) is 5.04. The van der Waals surface area contributed by atoms with Crippen LogP contribution in [0.25, 0.3) is 0 Å². The monoisotopic (exact) mass is 468 g/mol. The van der Waals surface area contributed by atoms with E-state index in [1.807, 2.05) is 18.2 Å². The first-order chi connectivity index (χ1) is 14.5. The first kappa shape index (κ1) is 21.5. The van der Waals surface area contributed by atoms with Crippen molar-refractivity contribution in [3.05, 3.63) is 88.0 Å². The number of ether oxygens (including phenoxy) is 2. The summed E-state index contributed by atoms with van der Waals surface area (Å²) < 4.78 is 10.2. The molecule has 0 saturated carbocycles. The van der Waals surface area contributed by atoms with Crippen LogP contribution in [-0.4, -0.2) is 37.7 Å². The Kier molecular flexibility index (Phi) is 7.19. The van der Waals surface area contributed by atoms with Crippen molar-refractivity contribution in [1.82, 2.24) is 4.98 Å². The van der Waals surface area contributed by atoms with E-state index in [0.29, 0.717) is 11.1 Å². The molecule has 1 aliphatic rings. The first-order valence-corrected chi connectivity index (χ1v) is 10.1. The third-order valence-electron chi connectivity index (χ3n) is 4.59. The summed E-state index contributed by atoms with van der Waals surface area (Å²) in [5.74, 6) is 0.386. The number of hydrogen-bond donors (Lipinski definition) is 0. The van der Waals surface area contributed by atoms with Gasteiger partial charge in [-0.3, -0.25) is 0 Å². The molecule has 0 amide bonds. The molecule has 0 aliphatic carbocycles. The Balaban J connectivity index is 0.000000199. The molecule has 30 heavy (non-hydrogen) atoms. The van der Waals surface area contributed by atoms with Crippen LogP contribution in [-0.2, 0) is 15.9 Å². The molecule has 0 radical (unpaired) electrons. The molecule has 2 heterocycles. The van der Waals surface area contributed by atoms with Crippen molar-refractivity contribution in [2.24, 2.45) is 0 Å². The molecule has 0 fully saturated rings. The molecule has 6 nitrogen and oxygen atoms in total. The number of aromatic nitrogens is 1. The number of pyridine rings is 1. The van der Waals surface area contributed by atoms with Crippen LogP contribution in [0.2, 0.25) is 0 Å². The second-order valence-corrected chi connectivity index (χ2v) is 7.34. The van der Waals surface area contributed by atoms with E-state index in [2.05, 4.69) is 36.6 Å². The zero-order chi connectivity index (χ0) is 21.5. The molecule has 154 valence electrons. The van der Waals surface area contributed by atoms with E-state index in [0.717, 1.165) is 28.9 Å².